The molecule has 2 aromatic carbocycles. The van der Waals surface area contributed by atoms with E-state index in [9.17, 15) is 8.42 Å². The summed E-state index contributed by atoms with van der Waals surface area (Å²) in [6.07, 6.45) is 3.08. The average Bonchev–Trinajstić information content (AvgIpc) is 3.41. The number of guanidine groups is 1. The number of hydrogen-bond donors (Lipinski definition) is 2. The number of nitrogens with one attached hydrogen (secondary N) is 2. The summed E-state index contributed by atoms with van der Waals surface area (Å²) in [6.45, 7) is 1.64. The van der Waals surface area contributed by atoms with E-state index < -0.39 is 10.0 Å². The Balaban J connectivity index is 0.00000256. The Bertz CT molecular complexity index is 991. The molecule has 0 radical (unpaired) electrons. The SMILES string of the molecule is CN=C(NCCS(=O)(=O)N1CCc2ccccc21)NCC1(c2ccccc2)CC1.I. The molecule has 1 heterocycles. The van der Waals surface area contributed by atoms with Gasteiger partial charge in [-0.2, -0.15) is 0 Å². The summed E-state index contributed by atoms with van der Waals surface area (Å²) in [5, 5.41) is 6.53. The van der Waals surface area contributed by atoms with Gasteiger partial charge in [0.05, 0.1) is 11.4 Å². The molecule has 0 spiro atoms. The van der Waals surface area contributed by atoms with Gasteiger partial charge in [0.15, 0.2) is 5.96 Å². The third-order valence-electron chi connectivity index (χ3n) is 5.89. The van der Waals surface area contributed by atoms with Crippen LogP contribution in [-0.2, 0) is 21.9 Å². The van der Waals surface area contributed by atoms with Gasteiger partial charge in [0.1, 0.15) is 0 Å². The lowest BCUT2D eigenvalue weighted by Crippen LogP contribution is -2.44. The summed E-state index contributed by atoms with van der Waals surface area (Å²) in [7, 11) is -1.65. The van der Waals surface area contributed by atoms with Crippen molar-refractivity contribution in [2.75, 3.05) is 36.7 Å². The number of aliphatic imine (C=N–C) groups is 1. The van der Waals surface area contributed by atoms with Gasteiger partial charge in [0.2, 0.25) is 10.0 Å². The summed E-state index contributed by atoms with van der Waals surface area (Å²) in [5.74, 6) is 0.676. The number of anilines is 1. The fraction of sp³-hybridized carbons (Fsp3) is 0.409. The Hall–Kier alpha value is -1.81. The molecule has 30 heavy (non-hydrogen) atoms. The van der Waals surface area contributed by atoms with E-state index in [-0.39, 0.29) is 35.1 Å². The second-order valence-electron chi connectivity index (χ2n) is 7.77. The van der Waals surface area contributed by atoms with Gasteiger partial charge in [-0.1, -0.05) is 48.5 Å². The molecule has 0 unspecified atom stereocenters. The molecule has 0 bridgehead atoms. The van der Waals surface area contributed by atoms with Crippen LogP contribution in [0.4, 0.5) is 5.69 Å². The van der Waals surface area contributed by atoms with Gasteiger partial charge in [-0.15, -0.1) is 24.0 Å². The van der Waals surface area contributed by atoms with E-state index in [1.807, 2.05) is 30.3 Å². The molecule has 4 rings (SSSR count). The minimum atomic E-state index is -3.36. The molecule has 0 saturated heterocycles. The molecule has 6 nitrogen and oxygen atoms in total. The number of sulfonamides is 1. The summed E-state index contributed by atoms with van der Waals surface area (Å²) >= 11 is 0. The van der Waals surface area contributed by atoms with Crippen molar-refractivity contribution >= 4 is 45.6 Å². The first-order valence-corrected chi connectivity index (χ1v) is 11.7. The van der Waals surface area contributed by atoms with Crippen LogP contribution in [0.2, 0.25) is 0 Å². The molecule has 0 atom stereocenters. The maximum Gasteiger partial charge on any atom is 0.236 e. The fourth-order valence-electron chi connectivity index (χ4n) is 3.99. The molecule has 1 aliphatic carbocycles. The molecule has 162 valence electrons. The molecule has 1 saturated carbocycles. The number of rotatable bonds is 7. The van der Waals surface area contributed by atoms with E-state index in [0.29, 0.717) is 19.0 Å². The Morgan fingerprint density at radius 3 is 2.47 bits per heavy atom. The Kier molecular flexibility index (Phi) is 7.28. The smallest absolute Gasteiger partial charge is 0.236 e. The molecule has 2 aromatic rings. The van der Waals surface area contributed by atoms with Gasteiger partial charge in [0.25, 0.3) is 0 Å². The molecular weight excluding hydrogens is 511 g/mol. The molecular formula is C22H29IN4O2S. The fourth-order valence-corrected chi connectivity index (χ4v) is 5.42. The van der Waals surface area contributed by atoms with E-state index in [1.54, 1.807) is 7.05 Å². The second-order valence-corrected chi connectivity index (χ2v) is 9.78. The standard InChI is InChI=1S/C22H28N4O2S.HI/c1-23-21(25-17-22(12-13-22)19-8-3-2-4-9-19)24-14-16-29(27,28)26-15-11-18-7-5-6-10-20(18)26;/h2-10H,11-17H2,1H3,(H2,23,24,25);1H. The van der Waals surface area contributed by atoms with Gasteiger partial charge >= 0.3 is 0 Å². The van der Waals surface area contributed by atoms with Gasteiger partial charge in [-0.05, 0) is 36.5 Å². The monoisotopic (exact) mass is 540 g/mol. The van der Waals surface area contributed by atoms with Gasteiger partial charge in [0, 0.05) is 32.1 Å². The maximum atomic E-state index is 12.8. The van der Waals surface area contributed by atoms with E-state index in [0.717, 1.165) is 37.1 Å². The van der Waals surface area contributed by atoms with Crippen LogP contribution in [0.5, 0.6) is 0 Å². The van der Waals surface area contributed by atoms with Crippen molar-refractivity contribution < 1.29 is 8.42 Å². The highest BCUT2D eigenvalue weighted by atomic mass is 127. The number of fused-ring (bicyclic) bond motifs is 1. The summed E-state index contributed by atoms with van der Waals surface area (Å²) in [4.78, 5) is 4.25. The zero-order valence-corrected chi connectivity index (χ0v) is 20.3. The zero-order valence-electron chi connectivity index (χ0n) is 17.2. The van der Waals surface area contributed by atoms with Crippen LogP contribution in [0.15, 0.2) is 59.6 Å². The number of para-hydroxylation sites is 1. The molecule has 1 aliphatic heterocycles. The second kappa shape index (κ2) is 9.55. The van der Waals surface area contributed by atoms with Crippen LogP contribution >= 0.6 is 24.0 Å². The first-order chi connectivity index (χ1) is 14.0. The maximum absolute atomic E-state index is 12.8. The van der Waals surface area contributed by atoms with Crippen LogP contribution in [0.1, 0.15) is 24.0 Å². The third-order valence-corrected chi connectivity index (χ3v) is 7.66. The first kappa shape index (κ1) is 22.9. The van der Waals surface area contributed by atoms with Gasteiger partial charge in [-0.25, -0.2) is 8.42 Å². The van der Waals surface area contributed by atoms with Crippen LogP contribution in [-0.4, -0.2) is 46.8 Å². The van der Waals surface area contributed by atoms with Crippen LogP contribution < -0.4 is 14.9 Å². The van der Waals surface area contributed by atoms with Crippen LogP contribution in [0.25, 0.3) is 0 Å². The van der Waals surface area contributed by atoms with E-state index in [4.69, 9.17) is 0 Å². The zero-order chi connectivity index (χ0) is 20.3. The highest BCUT2D eigenvalue weighted by Crippen LogP contribution is 2.47. The summed E-state index contributed by atoms with van der Waals surface area (Å²) in [5.41, 5.74) is 3.42. The molecule has 8 heteroatoms. The van der Waals surface area contributed by atoms with E-state index in [2.05, 4.69) is 39.9 Å². The number of benzene rings is 2. The lowest BCUT2D eigenvalue weighted by molar-refractivity contribution is 0.590. The number of halogens is 1. The molecule has 0 amide bonds. The molecule has 2 aliphatic rings. The van der Waals surface area contributed by atoms with Crippen LogP contribution in [0.3, 0.4) is 0 Å². The topological polar surface area (TPSA) is 73.8 Å². The van der Waals surface area contributed by atoms with Crippen LogP contribution in [0, 0.1) is 0 Å². The summed E-state index contributed by atoms with van der Waals surface area (Å²) < 4.78 is 27.1. The predicted molar refractivity (Wildman–Crippen MR) is 133 cm³/mol. The largest absolute Gasteiger partial charge is 0.356 e. The molecule has 0 aromatic heterocycles. The van der Waals surface area contributed by atoms with Gasteiger partial charge in [-0.3, -0.25) is 9.30 Å². The summed E-state index contributed by atoms with van der Waals surface area (Å²) in [6, 6.07) is 18.2. The third kappa shape index (κ3) is 4.91. The van der Waals surface area contributed by atoms with Crippen molar-refractivity contribution in [1.29, 1.82) is 0 Å². The van der Waals surface area contributed by atoms with Crippen molar-refractivity contribution in [3.8, 4) is 0 Å². The normalized spacial score (nSPS) is 17.1. The Morgan fingerprint density at radius 2 is 1.77 bits per heavy atom. The number of nitrogens with zero attached hydrogens (tertiary/aromatic N) is 2. The van der Waals surface area contributed by atoms with Crippen molar-refractivity contribution in [2.45, 2.75) is 24.7 Å². The predicted octanol–water partition coefficient (Wildman–Crippen LogP) is 2.89. The first-order valence-electron chi connectivity index (χ1n) is 10.1. The minimum Gasteiger partial charge on any atom is -0.356 e. The van der Waals surface area contributed by atoms with Gasteiger partial charge < -0.3 is 10.6 Å². The highest BCUT2D eigenvalue weighted by molar-refractivity contribution is 14.0. The molecule has 1 fully saturated rings. The van der Waals surface area contributed by atoms with Crippen molar-refractivity contribution in [2.24, 2.45) is 4.99 Å². The quantitative estimate of drug-likeness (QED) is 0.322. The average molecular weight is 540 g/mol. The van der Waals surface area contributed by atoms with Crippen molar-refractivity contribution in [3.05, 3.63) is 65.7 Å². The minimum absolute atomic E-state index is 0. The van der Waals surface area contributed by atoms with Crippen molar-refractivity contribution in [3.63, 3.8) is 0 Å². The highest BCUT2D eigenvalue weighted by Gasteiger charge is 2.44. The number of hydrogen-bond acceptors (Lipinski definition) is 3. The van der Waals surface area contributed by atoms with Crippen molar-refractivity contribution in [1.82, 2.24) is 10.6 Å². The Morgan fingerprint density at radius 1 is 1.07 bits per heavy atom. The Labute approximate surface area is 196 Å². The molecule has 2 N–H and O–H groups in total. The lowest BCUT2D eigenvalue weighted by atomic mass is 9.96. The van der Waals surface area contributed by atoms with E-state index >= 15 is 0 Å². The van der Waals surface area contributed by atoms with E-state index in [1.165, 1.54) is 9.87 Å². The lowest BCUT2D eigenvalue weighted by Gasteiger charge is -2.21.